The van der Waals surface area contributed by atoms with Crippen molar-refractivity contribution in [3.05, 3.63) is 67.7 Å². The Labute approximate surface area is 415 Å². The van der Waals surface area contributed by atoms with Crippen molar-refractivity contribution in [1.82, 2.24) is 29.4 Å². The molecule has 4 saturated heterocycles. The van der Waals surface area contributed by atoms with E-state index in [-0.39, 0.29) is 59.1 Å². The molecule has 2 aromatic rings. The van der Waals surface area contributed by atoms with Crippen LogP contribution in [0.2, 0.25) is 10.0 Å². The molecule has 2 aliphatic carbocycles. The highest BCUT2D eigenvalue weighted by atomic mass is 35.5. The molecule has 14 heteroatoms. The Kier molecular flexibility index (Phi) is 17.9. The third kappa shape index (κ3) is 13.3. The van der Waals surface area contributed by atoms with Gasteiger partial charge in [-0.3, -0.25) is 38.6 Å². The molecule has 0 bridgehead atoms. The lowest BCUT2D eigenvalue weighted by Crippen LogP contribution is -2.54. The van der Waals surface area contributed by atoms with E-state index in [4.69, 9.17) is 23.2 Å². The fourth-order valence-electron chi connectivity index (χ4n) is 12.0. The highest BCUT2D eigenvalue weighted by Gasteiger charge is 2.36. The first kappa shape index (κ1) is 52.0. The van der Waals surface area contributed by atoms with Crippen LogP contribution in [-0.4, -0.2) is 143 Å². The van der Waals surface area contributed by atoms with Crippen LogP contribution >= 0.6 is 23.2 Å². The van der Waals surface area contributed by atoms with Crippen LogP contribution in [-0.2, 0) is 54.7 Å². The SMILES string of the molecule is Cc1c(CC(=O)C[C@@H]2CC(=O)N(C)C2)cc(Cl)cc1CN1CCN(C(=O)C2CCCC2)[C@@H](C)C1.Cc1c(CC(=O)C[C@H]2CC(=O)N(C)C2)cc(Cl)cc1CN1CCN(C(=O)C2CCCC2)[C@@H](C)C1. The van der Waals surface area contributed by atoms with Crippen LogP contribution in [0.4, 0.5) is 0 Å². The van der Waals surface area contributed by atoms with E-state index in [1.54, 1.807) is 23.9 Å². The number of carbonyl (C=O) groups excluding carboxylic acids is 6. The molecule has 4 amide bonds. The predicted octanol–water partition coefficient (Wildman–Crippen LogP) is 7.70. The number of hydrogen-bond donors (Lipinski definition) is 0. The number of likely N-dealkylation sites (tertiary alicyclic amines) is 2. The van der Waals surface area contributed by atoms with E-state index in [0.29, 0.717) is 73.5 Å². The standard InChI is InChI=1S/2C27H38ClN3O3/c2*1-18-15-30(8-9-31(18)27(34)21-6-4-5-7-21)17-23-13-24(28)12-22(19(23)2)14-25(32)10-20-11-26(33)29(3)16-20/h2*12-13,18,20-21H,4-11,14-17H2,1-3H3/t18-,20+;18-,20-/m00/s1. The van der Waals surface area contributed by atoms with Crippen molar-refractivity contribution in [1.29, 1.82) is 0 Å². The number of hydrogen-bond acceptors (Lipinski definition) is 8. The lowest BCUT2D eigenvalue weighted by molar-refractivity contribution is -0.140. The lowest BCUT2D eigenvalue weighted by Gasteiger charge is -2.41. The molecular weight excluding hydrogens is 900 g/mol. The number of Topliss-reactive ketones (excluding diaryl/α,β-unsaturated/α-hetero) is 2. The maximum absolute atomic E-state index is 12.9. The van der Waals surface area contributed by atoms with E-state index in [2.05, 4.69) is 47.3 Å². The number of rotatable bonds is 14. The van der Waals surface area contributed by atoms with Crippen molar-refractivity contribution >= 4 is 58.4 Å². The molecule has 12 nitrogen and oxygen atoms in total. The van der Waals surface area contributed by atoms with E-state index in [1.165, 1.54) is 25.7 Å². The summed E-state index contributed by atoms with van der Waals surface area (Å²) in [5.41, 5.74) is 6.49. The molecule has 0 aromatic heterocycles. The van der Waals surface area contributed by atoms with Gasteiger partial charge >= 0.3 is 0 Å². The van der Waals surface area contributed by atoms with Crippen LogP contribution in [0.3, 0.4) is 0 Å². The van der Waals surface area contributed by atoms with Crippen LogP contribution < -0.4 is 0 Å². The van der Waals surface area contributed by atoms with Crippen molar-refractivity contribution in [2.45, 2.75) is 143 Å². The quantitative estimate of drug-likeness (QED) is 0.189. The van der Waals surface area contributed by atoms with Gasteiger partial charge in [-0.05, 0) is 123 Å². The Morgan fingerprint density at radius 3 is 1.22 bits per heavy atom. The van der Waals surface area contributed by atoms with Gasteiger partial charge in [0.1, 0.15) is 11.6 Å². The van der Waals surface area contributed by atoms with Gasteiger partial charge in [-0.25, -0.2) is 0 Å². The van der Waals surface area contributed by atoms with Crippen molar-refractivity contribution < 1.29 is 28.8 Å². The summed E-state index contributed by atoms with van der Waals surface area (Å²) in [6, 6.07) is 8.24. The Hall–Kier alpha value is -3.84. The maximum Gasteiger partial charge on any atom is 0.226 e. The molecule has 4 heterocycles. The molecule has 2 saturated carbocycles. The summed E-state index contributed by atoms with van der Waals surface area (Å²) < 4.78 is 0. The third-order valence-corrected chi connectivity index (χ3v) is 16.4. The van der Waals surface area contributed by atoms with Crippen molar-refractivity contribution in [2.75, 3.05) is 66.5 Å². The van der Waals surface area contributed by atoms with Gasteiger partial charge in [0, 0.05) is 152 Å². The van der Waals surface area contributed by atoms with E-state index >= 15 is 0 Å². The number of piperazine rings is 2. The molecular formula is C54H76Cl2N6O6. The zero-order chi connectivity index (χ0) is 48.8. The average molecular weight is 976 g/mol. The molecule has 4 aliphatic heterocycles. The first-order valence-electron chi connectivity index (χ1n) is 25.5. The van der Waals surface area contributed by atoms with Gasteiger partial charge in [0.15, 0.2) is 0 Å². The number of ketones is 2. The molecule has 372 valence electrons. The number of amides is 4. The summed E-state index contributed by atoms with van der Waals surface area (Å²) in [5.74, 6) is 1.96. The average Bonchev–Trinajstić information content (AvgIpc) is 4.12. The zero-order valence-corrected chi connectivity index (χ0v) is 43.1. The summed E-state index contributed by atoms with van der Waals surface area (Å²) in [5, 5.41) is 1.31. The number of carbonyl (C=O) groups is 6. The van der Waals surface area contributed by atoms with Gasteiger partial charge in [-0.15, -0.1) is 0 Å². The first-order valence-corrected chi connectivity index (χ1v) is 26.3. The molecule has 0 spiro atoms. The number of nitrogens with zero attached hydrogens (tertiary/aromatic N) is 6. The van der Waals surface area contributed by atoms with Gasteiger partial charge in [-0.2, -0.15) is 0 Å². The Balaban J connectivity index is 0.000000201. The minimum Gasteiger partial charge on any atom is -0.345 e. The van der Waals surface area contributed by atoms with E-state index in [1.807, 2.05) is 24.3 Å². The zero-order valence-electron chi connectivity index (χ0n) is 41.6. The largest absolute Gasteiger partial charge is 0.345 e. The summed E-state index contributed by atoms with van der Waals surface area (Å²) in [7, 11) is 3.59. The first-order chi connectivity index (χ1) is 32.4. The molecule has 4 atom stereocenters. The van der Waals surface area contributed by atoms with Crippen LogP contribution in [0.25, 0.3) is 0 Å². The van der Waals surface area contributed by atoms with Gasteiger partial charge in [0.05, 0.1) is 0 Å². The van der Waals surface area contributed by atoms with Gasteiger partial charge in [0.2, 0.25) is 23.6 Å². The minimum atomic E-state index is 0.119. The lowest BCUT2D eigenvalue weighted by atomic mass is 9.93. The second kappa shape index (κ2) is 23.4. The fourth-order valence-corrected chi connectivity index (χ4v) is 12.5. The third-order valence-electron chi connectivity index (χ3n) is 16.0. The van der Waals surface area contributed by atoms with Gasteiger partial charge < -0.3 is 19.6 Å². The second-order valence-corrected chi connectivity index (χ2v) is 22.3. The molecule has 2 aromatic carbocycles. The number of benzene rings is 2. The molecule has 0 N–H and O–H groups in total. The van der Waals surface area contributed by atoms with Crippen molar-refractivity contribution in [3.8, 4) is 0 Å². The van der Waals surface area contributed by atoms with Gasteiger partial charge in [0.25, 0.3) is 0 Å². The molecule has 0 radical (unpaired) electrons. The Bertz CT molecular complexity index is 2040. The maximum atomic E-state index is 12.9. The van der Waals surface area contributed by atoms with E-state index < -0.39 is 0 Å². The molecule has 6 aliphatic rings. The van der Waals surface area contributed by atoms with Crippen LogP contribution in [0.5, 0.6) is 0 Å². The van der Waals surface area contributed by atoms with Crippen molar-refractivity contribution in [2.24, 2.45) is 23.7 Å². The molecule has 6 fully saturated rings. The van der Waals surface area contributed by atoms with Gasteiger partial charge in [-0.1, -0.05) is 48.9 Å². The Morgan fingerprint density at radius 1 is 0.544 bits per heavy atom. The van der Waals surface area contributed by atoms with Crippen molar-refractivity contribution in [3.63, 3.8) is 0 Å². The normalized spacial score (nSPS) is 24.3. The monoisotopic (exact) mass is 975 g/mol. The molecule has 0 unspecified atom stereocenters. The van der Waals surface area contributed by atoms with Crippen LogP contribution in [0.15, 0.2) is 24.3 Å². The number of halogens is 2. The predicted molar refractivity (Wildman–Crippen MR) is 267 cm³/mol. The van der Waals surface area contributed by atoms with Crippen LogP contribution in [0, 0.1) is 37.5 Å². The van der Waals surface area contributed by atoms with E-state index in [9.17, 15) is 28.8 Å². The highest BCUT2D eigenvalue weighted by molar-refractivity contribution is 6.31. The van der Waals surface area contributed by atoms with Crippen LogP contribution in [0.1, 0.15) is 124 Å². The molecule has 68 heavy (non-hydrogen) atoms. The molecule has 8 rings (SSSR count). The second-order valence-electron chi connectivity index (χ2n) is 21.4. The summed E-state index contributed by atoms with van der Waals surface area (Å²) in [6.45, 7) is 16.3. The fraction of sp³-hybridized carbons (Fsp3) is 0.667. The summed E-state index contributed by atoms with van der Waals surface area (Å²) >= 11 is 12.9. The minimum absolute atomic E-state index is 0.119. The highest BCUT2D eigenvalue weighted by Crippen LogP contribution is 2.32. The van der Waals surface area contributed by atoms with E-state index in [0.717, 1.165) is 111 Å². The summed E-state index contributed by atoms with van der Waals surface area (Å²) in [6.07, 6.45) is 11.4. The summed E-state index contributed by atoms with van der Waals surface area (Å²) in [4.78, 5) is 87.3. The smallest absolute Gasteiger partial charge is 0.226 e. The topological polar surface area (TPSA) is 122 Å². The Morgan fingerprint density at radius 2 is 0.897 bits per heavy atom.